The van der Waals surface area contributed by atoms with Gasteiger partial charge in [-0.25, -0.2) is 0 Å². The van der Waals surface area contributed by atoms with Gasteiger partial charge in [0, 0.05) is 29.0 Å². The van der Waals surface area contributed by atoms with E-state index in [1.165, 1.54) is 18.4 Å². The third-order valence-corrected chi connectivity index (χ3v) is 4.92. The number of carbonyl (C=O) groups excluding carboxylic acids is 1. The van der Waals surface area contributed by atoms with E-state index in [4.69, 9.17) is 0 Å². The molecule has 2 aliphatic rings. The van der Waals surface area contributed by atoms with Crippen molar-refractivity contribution in [1.82, 2.24) is 10.6 Å². The molecular formula is C16H21BrN2O. The van der Waals surface area contributed by atoms with Crippen molar-refractivity contribution < 1.29 is 4.79 Å². The van der Waals surface area contributed by atoms with Gasteiger partial charge in [-0.05, 0) is 49.8 Å². The number of rotatable bonds is 4. The van der Waals surface area contributed by atoms with Crippen molar-refractivity contribution in [1.29, 1.82) is 0 Å². The van der Waals surface area contributed by atoms with E-state index in [1.807, 2.05) is 12.1 Å². The van der Waals surface area contributed by atoms with Gasteiger partial charge < -0.3 is 10.6 Å². The second kappa shape index (κ2) is 6.27. The highest BCUT2D eigenvalue weighted by atomic mass is 79.9. The second-order valence-electron chi connectivity index (χ2n) is 6.00. The van der Waals surface area contributed by atoms with Crippen LogP contribution in [0.15, 0.2) is 28.7 Å². The summed E-state index contributed by atoms with van der Waals surface area (Å²) in [6.45, 7) is 0. The van der Waals surface area contributed by atoms with E-state index in [-0.39, 0.29) is 5.91 Å². The SMILES string of the molecule is O=C(CCc1ccc(Br)cc1)NC1CC2CCC(C1)N2. The quantitative estimate of drug-likeness (QED) is 0.887. The summed E-state index contributed by atoms with van der Waals surface area (Å²) >= 11 is 3.42. The minimum Gasteiger partial charge on any atom is -0.353 e. The van der Waals surface area contributed by atoms with Crippen molar-refractivity contribution in [2.75, 3.05) is 0 Å². The number of hydrogen-bond donors (Lipinski definition) is 2. The van der Waals surface area contributed by atoms with Gasteiger partial charge in [-0.3, -0.25) is 4.79 Å². The van der Waals surface area contributed by atoms with Crippen LogP contribution >= 0.6 is 15.9 Å². The lowest BCUT2D eigenvalue weighted by molar-refractivity contribution is -0.122. The van der Waals surface area contributed by atoms with Crippen molar-refractivity contribution >= 4 is 21.8 Å². The van der Waals surface area contributed by atoms with Crippen LogP contribution in [0.5, 0.6) is 0 Å². The van der Waals surface area contributed by atoms with E-state index < -0.39 is 0 Å². The van der Waals surface area contributed by atoms with Crippen LogP contribution < -0.4 is 10.6 Å². The summed E-state index contributed by atoms with van der Waals surface area (Å²) in [5.41, 5.74) is 1.22. The van der Waals surface area contributed by atoms with Gasteiger partial charge in [-0.15, -0.1) is 0 Å². The molecule has 2 bridgehead atoms. The first-order chi connectivity index (χ1) is 9.69. The van der Waals surface area contributed by atoms with Crippen molar-refractivity contribution in [2.45, 2.75) is 56.7 Å². The van der Waals surface area contributed by atoms with Gasteiger partial charge in [-0.1, -0.05) is 28.1 Å². The zero-order valence-corrected chi connectivity index (χ0v) is 13.2. The van der Waals surface area contributed by atoms with E-state index in [9.17, 15) is 4.79 Å². The summed E-state index contributed by atoms with van der Waals surface area (Å²) in [7, 11) is 0. The Labute approximate surface area is 128 Å². The van der Waals surface area contributed by atoms with Gasteiger partial charge >= 0.3 is 0 Å². The predicted octanol–water partition coefficient (Wildman–Crippen LogP) is 2.78. The van der Waals surface area contributed by atoms with Crippen LogP contribution in [0.3, 0.4) is 0 Å². The Morgan fingerprint density at radius 1 is 1.20 bits per heavy atom. The topological polar surface area (TPSA) is 41.1 Å². The third kappa shape index (κ3) is 3.61. The average molecular weight is 337 g/mol. The van der Waals surface area contributed by atoms with Gasteiger partial charge in [0.25, 0.3) is 0 Å². The minimum atomic E-state index is 0.194. The highest BCUT2D eigenvalue weighted by Gasteiger charge is 2.33. The molecule has 1 aromatic carbocycles. The van der Waals surface area contributed by atoms with Crippen LogP contribution in [-0.4, -0.2) is 24.0 Å². The molecule has 2 N–H and O–H groups in total. The molecule has 0 radical (unpaired) electrons. The summed E-state index contributed by atoms with van der Waals surface area (Å²) in [5, 5.41) is 6.81. The van der Waals surface area contributed by atoms with Crippen LogP contribution in [0, 0.1) is 0 Å². The van der Waals surface area contributed by atoms with Gasteiger partial charge in [0.05, 0.1) is 0 Å². The number of benzene rings is 1. The fourth-order valence-electron chi connectivity index (χ4n) is 3.38. The summed E-state index contributed by atoms with van der Waals surface area (Å²) in [6.07, 6.45) is 6.14. The lowest BCUT2D eigenvalue weighted by atomic mass is 9.99. The van der Waals surface area contributed by atoms with Crippen molar-refractivity contribution in [3.05, 3.63) is 34.3 Å². The van der Waals surface area contributed by atoms with Crippen molar-refractivity contribution in [2.24, 2.45) is 0 Å². The standard InChI is InChI=1S/C16H21BrN2O/c17-12-4-1-11(2-5-12)3-8-16(20)19-15-9-13-6-7-14(10-15)18-13/h1-2,4-5,13-15,18H,3,6-10H2,(H,19,20). The van der Waals surface area contributed by atoms with E-state index in [1.54, 1.807) is 0 Å². The molecule has 4 heteroatoms. The Hall–Kier alpha value is -0.870. The molecule has 108 valence electrons. The van der Waals surface area contributed by atoms with E-state index >= 15 is 0 Å². The molecule has 3 rings (SSSR count). The third-order valence-electron chi connectivity index (χ3n) is 4.39. The predicted molar refractivity (Wildman–Crippen MR) is 83.6 cm³/mol. The molecule has 2 unspecified atom stereocenters. The zero-order chi connectivity index (χ0) is 13.9. The van der Waals surface area contributed by atoms with E-state index in [2.05, 4.69) is 38.7 Å². The number of piperidine rings is 1. The summed E-state index contributed by atoms with van der Waals surface area (Å²) < 4.78 is 1.08. The Kier molecular flexibility index (Phi) is 4.41. The smallest absolute Gasteiger partial charge is 0.220 e. The number of carbonyl (C=O) groups is 1. The normalized spacial score (nSPS) is 28.4. The maximum atomic E-state index is 12.0. The molecule has 0 spiro atoms. The number of fused-ring (bicyclic) bond motifs is 2. The molecule has 2 heterocycles. The minimum absolute atomic E-state index is 0.194. The van der Waals surface area contributed by atoms with E-state index in [0.717, 1.165) is 23.7 Å². The van der Waals surface area contributed by atoms with Gasteiger partial charge in [-0.2, -0.15) is 0 Å². The molecule has 2 saturated heterocycles. The molecule has 0 aliphatic carbocycles. The Morgan fingerprint density at radius 3 is 2.50 bits per heavy atom. The van der Waals surface area contributed by atoms with Gasteiger partial charge in [0.15, 0.2) is 0 Å². The van der Waals surface area contributed by atoms with Gasteiger partial charge in [0.1, 0.15) is 0 Å². The fraction of sp³-hybridized carbons (Fsp3) is 0.562. The van der Waals surface area contributed by atoms with Gasteiger partial charge in [0.2, 0.25) is 5.91 Å². The number of nitrogens with one attached hydrogen (secondary N) is 2. The fourth-order valence-corrected chi connectivity index (χ4v) is 3.65. The highest BCUT2D eigenvalue weighted by molar-refractivity contribution is 9.10. The lowest BCUT2D eigenvalue weighted by Gasteiger charge is -2.29. The number of amides is 1. The first-order valence-corrected chi connectivity index (χ1v) is 8.28. The summed E-state index contributed by atoms with van der Waals surface area (Å²) in [5.74, 6) is 0.194. The Morgan fingerprint density at radius 2 is 1.85 bits per heavy atom. The first kappa shape index (κ1) is 14.1. The van der Waals surface area contributed by atoms with Crippen LogP contribution in [0.4, 0.5) is 0 Å². The second-order valence-corrected chi connectivity index (χ2v) is 6.92. The molecule has 1 amide bonds. The molecule has 1 aromatic rings. The number of hydrogen-bond acceptors (Lipinski definition) is 2. The molecule has 20 heavy (non-hydrogen) atoms. The summed E-state index contributed by atoms with van der Waals surface area (Å²) in [4.78, 5) is 12.0. The van der Waals surface area contributed by atoms with Crippen LogP contribution in [0.1, 0.15) is 37.7 Å². The average Bonchev–Trinajstić information content (AvgIpc) is 2.77. The lowest BCUT2D eigenvalue weighted by Crippen LogP contribution is -2.48. The highest BCUT2D eigenvalue weighted by Crippen LogP contribution is 2.26. The Bertz CT molecular complexity index is 462. The molecule has 3 nitrogen and oxygen atoms in total. The molecule has 2 atom stereocenters. The zero-order valence-electron chi connectivity index (χ0n) is 11.6. The summed E-state index contributed by atoms with van der Waals surface area (Å²) in [6, 6.07) is 9.84. The molecular weight excluding hydrogens is 316 g/mol. The van der Waals surface area contributed by atoms with Crippen LogP contribution in [0.25, 0.3) is 0 Å². The van der Waals surface area contributed by atoms with E-state index in [0.29, 0.717) is 24.5 Å². The largest absolute Gasteiger partial charge is 0.353 e. The molecule has 0 aromatic heterocycles. The maximum absolute atomic E-state index is 12.0. The van der Waals surface area contributed by atoms with Crippen molar-refractivity contribution in [3.63, 3.8) is 0 Å². The van der Waals surface area contributed by atoms with Crippen LogP contribution in [0.2, 0.25) is 0 Å². The molecule has 2 aliphatic heterocycles. The molecule has 0 saturated carbocycles. The van der Waals surface area contributed by atoms with Crippen molar-refractivity contribution in [3.8, 4) is 0 Å². The Balaban J connectivity index is 1.44. The number of halogens is 1. The van der Waals surface area contributed by atoms with Crippen LogP contribution in [-0.2, 0) is 11.2 Å². The molecule has 2 fully saturated rings. The number of aryl methyl sites for hydroxylation is 1. The monoisotopic (exact) mass is 336 g/mol. The maximum Gasteiger partial charge on any atom is 0.220 e. The first-order valence-electron chi connectivity index (χ1n) is 7.49.